The van der Waals surface area contributed by atoms with Crippen LogP contribution in [-0.4, -0.2) is 10.1 Å². The lowest BCUT2D eigenvalue weighted by Crippen LogP contribution is -2.01. The molecule has 1 N–H and O–H groups in total. The summed E-state index contributed by atoms with van der Waals surface area (Å²) < 4.78 is 13.7. The van der Waals surface area contributed by atoms with Gasteiger partial charge in [-0.15, -0.1) is 0 Å². The van der Waals surface area contributed by atoms with Crippen molar-refractivity contribution in [3.8, 4) is 0 Å². The van der Waals surface area contributed by atoms with Crippen molar-refractivity contribution in [3.63, 3.8) is 0 Å². The number of aromatic nitrogens is 1. The molecule has 0 bridgehead atoms. The van der Waals surface area contributed by atoms with Gasteiger partial charge in [0, 0.05) is 16.2 Å². The molecule has 1 unspecified atom stereocenters. The molecule has 4 heteroatoms. The molecule has 1 aromatic carbocycles. The van der Waals surface area contributed by atoms with Gasteiger partial charge < -0.3 is 5.11 Å². The van der Waals surface area contributed by atoms with Crippen molar-refractivity contribution in [2.24, 2.45) is 0 Å². The predicted octanol–water partition coefficient (Wildman–Crippen LogP) is 3.06. The quantitative estimate of drug-likeness (QED) is 0.918. The highest BCUT2D eigenvalue weighted by atomic mass is 79.9. The number of aliphatic hydroxyl groups is 1. The van der Waals surface area contributed by atoms with Gasteiger partial charge in [-0.2, -0.15) is 0 Å². The summed E-state index contributed by atoms with van der Waals surface area (Å²) in [7, 11) is 0. The standard InChI is InChI=1S/C12H9BrFNO/c13-11-4-2-1-3-10(11)12(16)8-5-9(14)7-15-6-8/h1-7,12,16H. The topological polar surface area (TPSA) is 33.1 Å². The number of halogens is 2. The number of benzene rings is 1. The highest BCUT2D eigenvalue weighted by molar-refractivity contribution is 9.10. The van der Waals surface area contributed by atoms with Crippen LogP contribution in [0.4, 0.5) is 4.39 Å². The maximum absolute atomic E-state index is 13.0. The molecule has 82 valence electrons. The lowest BCUT2D eigenvalue weighted by molar-refractivity contribution is 0.218. The Bertz CT molecular complexity index is 504. The van der Waals surface area contributed by atoms with Crippen LogP contribution in [0.5, 0.6) is 0 Å². The van der Waals surface area contributed by atoms with E-state index in [0.717, 1.165) is 10.7 Å². The third-order valence-electron chi connectivity index (χ3n) is 2.24. The first-order valence-corrected chi connectivity index (χ1v) is 5.50. The third-order valence-corrected chi connectivity index (χ3v) is 2.96. The monoisotopic (exact) mass is 281 g/mol. The lowest BCUT2D eigenvalue weighted by Gasteiger charge is -2.12. The van der Waals surface area contributed by atoms with E-state index < -0.39 is 11.9 Å². The Balaban J connectivity index is 2.39. The first kappa shape index (κ1) is 11.2. The minimum Gasteiger partial charge on any atom is -0.384 e. The molecule has 0 saturated heterocycles. The molecule has 1 aromatic heterocycles. The summed E-state index contributed by atoms with van der Waals surface area (Å²) in [6.45, 7) is 0. The molecular formula is C12H9BrFNO. The number of nitrogens with zero attached hydrogens (tertiary/aromatic N) is 1. The zero-order valence-corrected chi connectivity index (χ0v) is 9.86. The minimum absolute atomic E-state index is 0.437. The van der Waals surface area contributed by atoms with Crippen LogP contribution in [0, 0.1) is 5.82 Å². The first-order valence-electron chi connectivity index (χ1n) is 4.71. The zero-order chi connectivity index (χ0) is 11.5. The molecule has 2 aromatic rings. The van der Waals surface area contributed by atoms with Crippen LogP contribution in [0.15, 0.2) is 47.2 Å². The minimum atomic E-state index is -0.876. The van der Waals surface area contributed by atoms with E-state index in [-0.39, 0.29) is 0 Å². The predicted molar refractivity (Wildman–Crippen MR) is 62.4 cm³/mol. The number of pyridine rings is 1. The van der Waals surface area contributed by atoms with Gasteiger partial charge in [-0.3, -0.25) is 4.98 Å². The molecule has 0 aliphatic heterocycles. The first-order chi connectivity index (χ1) is 7.68. The second-order valence-electron chi connectivity index (χ2n) is 3.36. The fraction of sp³-hybridized carbons (Fsp3) is 0.0833. The van der Waals surface area contributed by atoms with Gasteiger partial charge in [-0.05, 0) is 17.7 Å². The highest BCUT2D eigenvalue weighted by Crippen LogP contribution is 2.27. The second kappa shape index (κ2) is 4.72. The molecule has 0 fully saturated rings. The van der Waals surface area contributed by atoms with E-state index in [1.54, 1.807) is 6.07 Å². The molecule has 1 heterocycles. The van der Waals surface area contributed by atoms with Crippen LogP contribution >= 0.6 is 15.9 Å². The summed E-state index contributed by atoms with van der Waals surface area (Å²) in [6, 6.07) is 8.54. The number of rotatable bonds is 2. The number of aliphatic hydroxyl groups excluding tert-OH is 1. The summed E-state index contributed by atoms with van der Waals surface area (Å²) >= 11 is 3.34. The van der Waals surface area contributed by atoms with Crippen LogP contribution in [0.25, 0.3) is 0 Å². The fourth-order valence-electron chi connectivity index (χ4n) is 1.45. The average Bonchev–Trinajstić information content (AvgIpc) is 2.29. The maximum atomic E-state index is 13.0. The van der Waals surface area contributed by atoms with Gasteiger partial charge in [0.2, 0.25) is 0 Å². The van der Waals surface area contributed by atoms with Crippen LogP contribution in [-0.2, 0) is 0 Å². The summed E-state index contributed by atoms with van der Waals surface area (Å²) in [6.07, 6.45) is 1.68. The van der Waals surface area contributed by atoms with Crippen molar-refractivity contribution < 1.29 is 9.50 Å². The van der Waals surface area contributed by atoms with Gasteiger partial charge in [-0.1, -0.05) is 34.1 Å². The van der Waals surface area contributed by atoms with Gasteiger partial charge in [0.15, 0.2) is 0 Å². The molecule has 2 rings (SSSR count). The average molecular weight is 282 g/mol. The van der Waals surface area contributed by atoms with E-state index in [4.69, 9.17) is 0 Å². The van der Waals surface area contributed by atoms with Crippen LogP contribution in [0.2, 0.25) is 0 Å². The van der Waals surface area contributed by atoms with Gasteiger partial charge >= 0.3 is 0 Å². The van der Waals surface area contributed by atoms with E-state index in [2.05, 4.69) is 20.9 Å². The molecule has 0 aliphatic rings. The Morgan fingerprint density at radius 3 is 2.69 bits per heavy atom. The van der Waals surface area contributed by atoms with Crippen molar-refractivity contribution >= 4 is 15.9 Å². The van der Waals surface area contributed by atoms with Gasteiger partial charge in [0.1, 0.15) is 11.9 Å². The van der Waals surface area contributed by atoms with E-state index >= 15 is 0 Å². The van der Waals surface area contributed by atoms with Gasteiger partial charge in [-0.25, -0.2) is 4.39 Å². The van der Waals surface area contributed by atoms with E-state index in [1.165, 1.54) is 12.3 Å². The van der Waals surface area contributed by atoms with Gasteiger partial charge in [0.25, 0.3) is 0 Å². The zero-order valence-electron chi connectivity index (χ0n) is 8.27. The Morgan fingerprint density at radius 2 is 2.00 bits per heavy atom. The number of hydrogen-bond donors (Lipinski definition) is 1. The van der Waals surface area contributed by atoms with Crippen molar-refractivity contribution in [2.45, 2.75) is 6.10 Å². The third kappa shape index (κ3) is 2.28. The summed E-state index contributed by atoms with van der Waals surface area (Å²) in [5.74, 6) is -0.455. The fourth-order valence-corrected chi connectivity index (χ4v) is 1.96. The lowest BCUT2D eigenvalue weighted by atomic mass is 10.0. The molecule has 0 spiro atoms. The van der Waals surface area contributed by atoms with Gasteiger partial charge in [0.05, 0.1) is 6.20 Å². The summed E-state index contributed by atoms with van der Waals surface area (Å²) in [5.41, 5.74) is 1.13. The van der Waals surface area contributed by atoms with E-state index in [0.29, 0.717) is 11.1 Å². The van der Waals surface area contributed by atoms with Crippen LogP contribution in [0.1, 0.15) is 17.2 Å². The molecule has 0 radical (unpaired) electrons. The summed E-state index contributed by atoms with van der Waals surface area (Å²) in [4.78, 5) is 3.71. The number of hydrogen-bond acceptors (Lipinski definition) is 2. The molecular weight excluding hydrogens is 273 g/mol. The molecule has 0 saturated carbocycles. The van der Waals surface area contributed by atoms with E-state index in [9.17, 15) is 9.50 Å². The highest BCUT2D eigenvalue weighted by Gasteiger charge is 2.13. The Morgan fingerprint density at radius 1 is 1.25 bits per heavy atom. The van der Waals surface area contributed by atoms with Crippen molar-refractivity contribution in [1.82, 2.24) is 4.98 Å². The summed E-state index contributed by atoms with van der Waals surface area (Å²) in [5, 5.41) is 10.1. The maximum Gasteiger partial charge on any atom is 0.141 e. The van der Waals surface area contributed by atoms with Crippen molar-refractivity contribution in [1.29, 1.82) is 0 Å². The molecule has 1 atom stereocenters. The normalized spacial score (nSPS) is 12.4. The Labute approximate surface area is 101 Å². The van der Waals surface area contributed by atoms with Crippen molar-refractivity contribution in [2.75, 3.05) is 0 Å². The largest absolute Gasteiger partial charge is 0.384 e. The molecule has 0 amide bonds. The Kier molecular flexibility index (Phi) is 3.31. The van der Waals surface area contributed by atoms with Crippen molar-refractivity contribution in [3.05, 3.63) is 64.1 Å². The molecule has 0 aliphatic carbocycles. The second-order valence-corrected chi connectivity index (χ2v) is 4.21. The van der Waals surface area contributed by atoms with E-state index in [1.807, 2.05) is 18.2 Å². The molecule has 16 heavy (non-hydrogen) atoms. The van der Waals surface area contributed by atoms with Crippen LogP contribution < -0.4 is 0 Å². The van der Waals surface area contributed by atoms with Crippen LogP contribution in [0.3, 0.4) is 0 Å². The Hall–Kier alpha value is -1.26. The smallest absolute Gasteiger partial charge is 0.141 e. The molecule has 2 nitrogen and oxygen atoms in total. The SMILES string of the molecule is OC(c1cncc(F)c1)c1ccccc1Br.